The predicted molar refractivity (Wildman–Crippen MR) is 81.8 cm³/mol. The molecule has 0 bridgehead atoms. The second-order valence-electron chi connectivity index (χ2n) is 5.38. The molecule has 1 fully saturated rings. The molecule has 1 N–H and O–H groups in total. The van der Waals surface area contributed by atoms with Gasteiger partial charge in [-0.05, 0) is 33.2 Å². The molecule has 3 rings (SSSR count). The van der Waals surface area contributed by atoms with Crippen LogP contribution >= 0.6 is 11.3 Å². The van der Waals surface area contributed by atoms with Crippen LogP contribution in [0.5, 0.6) is 0 Å². The van der Waals surface area contributed by atoms with Gasteiger partial charge in [0.2, 0.25) is 0 Å². The molecule has 0 spiro atoms. The molecule has 1 saturated heterocycles. The number of hydrogen-bond donors (Lipinski definition) is 1. The zero-order chi connectivity index (χ0) is 13.2. The summed E-state index contributed by atoms with van der Waals surface area (Å²) in [7, 11) is 0. The number of aromatic nitrogens is 1. The third-order valence-electron chi connectivity index (χ3n) is 3.75. The molecule has 2 aromatic rings. The monoisotopic (exact) mass is 272 g/mol. The number of rotatable bonds is 3. The highest BCUT2D eigenvalue weighted by molar-refractivity contribution is 7.12. The highest BCUT2D eigenvalue weighted by Gasteiger charge is 2.17. The molecule has 0 radical (unpaired) electrons. The van der Waals surface area contributed by atoms with Crippen molar-refractivity contribution in [2.45, 2.75) is 39.2 Å². The van der Waals surface area contributed by atoms with Crippen LogP contribution in [0.4, 0.5) is 0 Å². The van der Waals surface area contributed by atoms with E-state index in [1.165, 1.54) is 40.4 Å². The maximum atomic E-state index is 4.85. The van der Waals surface area contributed by atoms with Gasteiger partial charge in [-0.1, -0.05) is 29.8 Å². The number of aryl methyl sites for hydroxylation is 2. The molecule has 3 heteroatoms. The second-order valence-corrected chi connectivity index (χ2v) is 6.66. The van der Waals surface area contributed by atoms with Crippen molar-refractivity contribution in [1.29, 1.82) is 0 Å². The van der Waals surface area contributed by atoms with Crippen molar-refractivity contribution in [3.63, 3.8) is 0 Å². The van der Waals surface area contributed by atoms with Gasteiger partial charge in [-0.2, -0.15) is 0 Å². The molecule has 1 aromatic heterocycles. The molecule has 1 aliphatic rings. The number of thiazole rings is 1. The van der Waals surface area contributed by atoms with Gasteiger partial charge in [0.15, 0.2) is 0 Å². The summed E-state index contributed by atoms with van der Waals surface area (Å²) in [6.07, 6.45) is 3.68. The van der Waals surface area contributed by atoms with Crippen molar-refractivity contribution < 1.29 is 0 Å². The first kappa shape index (κ1) is 12.8. The van der Waals surface area contributed by atoms with Crippen LogP contribution in [0.1, 0.15) is 28.3 Å². The van der Waals surface area contributed by atoms with E-state index in [0.717, 1.165) is 12.1 Å². The van der Waals surface area contributed by atoms with E-state index in [0.29, 0.717) is 6.04 Å². The topological polar surface area (TPSA) is 24.9 Å². The Kier molecular flexibility index (Phi) is 3.67. The van der Waals surface area contributed by atoms with Crippen LogP contribution in [-0.2, 0) is 6.42 Å². The van der Waals surface area contributed by atoms with E-state index in [-0.39, 0.29) is 0 Å². The minimum absolute atomic E-state index is 0.636. The SMILES string of the molecule is Cc1ccc(-c2nc(CC3CCCN3)sc2C)cc1. The molecule has 0 amide bonds. The normalized spacial score (nSPS) is 18.9. The van der Waals surface area contributed by atoms with E-state index in [4.69, 9.17) is 4.98 Å². The largest absolute Gasteiger partial charge is 0.314 e. The molecule has 1 aromatic carbocycles. The van der Waals surface area contributed by atoms with Crippen LogP contribution in [0.3, 0.4) is 0 Å². The van der Waals surface area contributed by atoms with Crippen LogP contribution in [0, 0.1) is 13.8 Å². The smallest absolute Gasteiger partial charge is 0.0950 e. The lowest BCUT2D eigenvalue weighted by Crippen LogP contribution is -2.23. The quantitative estimate of drug-likeness (QED) is 0.921. The Labute approximate surface area is 118 Å². The average Bonchev–Trinajstić information content (AvgIpc) is 3.01. The number of nitrogens with one attached hydrogen (secondary N) is 1. The molecule has 1 atom stereocenters. The van der Waals surface area contributed by atoms with Gasteiger partial charge in [-0.15, -0.1) is 11.3 Å². The molecule has 19 heavy (non-hydrogen) atoms. The van der Waals surface area contributed by atoms with Gasteiger partial charge in [-0.3, -0.25) is 0 Å². The van der Waals surface area contributed by atoms with Crippen molar-refractivity contribution in [3.05, 3.63) is 39.7 Å². The van der Waals surface area contributed by atoms with E-state index in [1.54, 1.807) is 0 Å². The highest BCUT2D eigenvalue weighted by atomic mass is 32.1. The Bertz CT molecular complexity index is 551. The molecular formula is C16H20N2S. The lowest BCUT2D eigenvalue weighted by Gasteiger charge is -2.06. The molecule has 100 valence electrons. The predicted octanol–water partition coefficient (Wildman–Crippen LogP) is 3.72. The molecule has 2 heterocycles. The van der Waals surface area contributed by atoms with E-state index in [1.807, 2.05) is 11.3 Å². The van der Waals surface area contributed by atoms with Crippen molar-refractivity contribution in [2.24, 2.45) is 0 Å². The molecule has 0 saturated carbocycles. The first-order valence-electron chi connectivity index (χ1n) is 6.99. The highest BCUT2D eigenvalue weighted by Crippen LogP contribution is 2.29. The van der Waals surface area contributed by atoms with Gasteiger partial charge in [0.25, 0.3) is 0 Å². The van der Waals surface area contributed by atoms with Crippen LogP contribution in [0.25, 0.3) is 11.3 Å². The van der Waals surface area contributed by atoms with Crippen molar-refractivity contribution >= 4 is 11.3 Å². The Morgan fingerprint density at radius 2 is 2.05 bits per heavy atom. The van der Waals surface area contributed by atoms with Gasteiger partial charge < -0.3 is 5.32 Å². The van der Waals surface area contributed by atoms with Crippen LogP contribution in [0.15, 0.2) is 24.3 Å². The third kappa shape index (κ3) is 2.88. The number of hydrogen-bond acceptors (Lipinski definition) is 3. The maximum absolute atomic E-state index is 4.85. The second kappa shape index (κ2) is 5.43. The third-order valence-corrected chi connectivity index (χ3v) is 4.74. The summed E-state index contributed by atoms with van der Waals surface area (Å²) in [6.45, 7) is 5.47. The zero-order valence-corrected chi connectivity index (χ0v) is 12.4. The molecule has 1 aliphatic heterocycles. The summed E-state index contributed by atoms with van der Waals surface area (Å²) in [5.41, 5.74) is 3.70. The Morgan fingerprint density at radius 1 is 1.26 bits per heavy atom. The lowest BCUT2D eigenvalue weighted by atomic mass is 10.1. The lowest BCUT2D eigenvalue weighted by molar-refractivity contribution is 0.601. The maximum Gasteiger partial charge on any atom is 0.0950 e. The minimum atomic E-state index is 0.636. The van der Waals surface area contributed by atoms with Gasteiger partial charge in [0.1, 0.15) is 0 Å². The van der Waals surface area contributed by atoms with E-state index < -0.39 is 0 Å². The van der Waals surface area contributed by atoms with Crippen LogP contribution in [-0.4, -0.2) is 17.6 Å². The summed E-state index contributed by atoms with van der Waals surface area (Å²) >= 11 is 1.85. The van der Waals surface area contributed by atoms with Crippen molar-refractivity contribution in [2.75, 3.05) is 6.54 Å². The van der Waals surface area contributed by atoms with Gasteiger partial charge in [-0.25, -0.2) is 4.98 Å². The number of nitrogens with zero attached hydrogens (tertiary/aromatic N) is 1. The summed E-state index contributed by atoms with van der Waals surface area (Å²) in [4.78, 5) is 6.18. The minimum Gasteiger partial charge on any atom is -0.314 e. The first-order chi connectivity index (χ1) is 9.22. The first-order valence-corrected chi connectivity index (χ1v) is 7.81. The van der Waals surface area contributed by atoms with E-state index in [2.05, 4.69) is 43.4 Å². The fourth-order valence-corrected chi connectivity index (χ4v) is 3.69. The molecule has 2 nitrogen and oxygen atoms in total. The van der Waals surface area contributed by atoms with Crippen LogP contribution in [0.2, 0.25) is 0 Å². The summed E-state index contributed by atoms with van der Waals surface area (Å²) < 4.78 is 0. The Balaban J connectivity index is 1.82. The van der Waals surface area contributed by atoms with Gasteiger partial charge in [0, 0.05) is 22.9 Å². The van der Waals surface area contributed by atoms with Crippen molar-refractivity contribution in [3.8, 4) is 11.3 Å². The summed E-state index contributed by atoms with van der Waals surface area (Å²) in [6, 6.07) is 9.30. The van der Waals surface area contributed by atoms with E-state index >= 15 is 0 Å². The Hall–Kier alpha value is -1.19. The fourth-order valence-electron chi connectivity index (χ4n) is 2.66. The molecule has 0 aliphatic carbocycles. The zero-order valence-electron chi connectivity index (χ0n) is 11.6. The number of benzene rings is 1. The Morgan fingerprint density at radius 3 is 2.74 bits per heavy atom. The van der Waals surface area contributed by atoms with E-state index in [9.17, 15) is 0 Å². The van der Waals surface area contributed by atoms with Gasteiger partial charge in [0.05, 0.1) is 10.7 Å². The summed E-state index contributed by atoms with van der Waals surface area (Å²) in [5.74, 6) is 0. The molecule has 1 unspecified atom stereocenters. The average molecular weight is 272 g/mol. The van der Waals surface area contributed by atoms with Gasteiger partial charge >= 0.3 is 0 Å². The van der Waals surface area contributed by atoms with Crippen molar-refractivity contribution in [1.82, 2.24) is 10.3 Å². The standard InChI is InChI=1S/C16H20N2S/c1-11-5-7-13(8-6-11)16-12(2)19-15(18-16)10-14-4-3-9-17-14/h5-8,14,17H,3-4,9-10H2,1-2H3. The fraction of sp³-hybridized carbons (Fsp3) is 0.438. The molecular weight excluding hydrogens is 252 g/mol. The summed E-state index contributed by atoms with van der Waals surface area (Å²) in [5, 5.41) is 4.82. The van der Waals surface area contributed by atoms with Crippen LogP contribution < -0.4 is 5.32 Å².